The first kappa shape index (κ1) is 16.3. The van der Waals surface area contributed by atoms with Crippen molar-refractivity contribution in [2.24, 2.45) is 5.92 Å². The highest BCUT2D eigenvalue weighted by atomic mass is 16.5. The van der Waals surface area contributed by atoms with Gasteiger partial charge in [-0.25, -0.2) is 9.59 Å². The normalized spacial score (nSPS) is 25.6. The van der Waals surface area contributed by atoms with E-state index in [4.69, 9.17) is 0 Å². The molecule has 1 saturated heterocycles. The second-order valence-electron chi connectivity index (χ2n) is 6.36. The first-order valence-corrected chi connectivity index (χ1v) is 7.90. The molecule has 1 saturated carbocycles. The van der Waals surface area contributed by atoms with Gasteiger partial charge in [0.05, 0.1) is 18.7 Å². The zero-order valence-electron chi connectivity index (χ0n) is 13.6. The van der Waals surface area contributed by atoms with E-state index in [0.29, 0.717) is 18.5 Å². The zero-order chi connectivity index (χ0) is 17.5. The van der Waals surface area contributed by atoms with E-state index >= 15 is 0 Å². The standard InChI is InChI=1S/C17H20N2O5/c1-10(11-3-5-12(6-4-11)14(20)24-2)18-15(21)17-9-13(17)7-8-19(17)16(22)23/h3-6,10,13H,7-9H2,1-2H3,(H,18,21)(H,22,23)/t10-,13?,17?/m0/s1. The van der Waals surface area contributed by atoms with Gasteiger partial charge >= 0.3 is 12.1 Å². The molecule has 0 bridgehead atoms. The number of piperidine rings is 1. The molecular weight excluding hydrogens is 312 g/mol. The minimum Gasteiger partial charge on any atom is -0.465 e. The van der Waals surface area contributed by atoms with Gasteiger partial charge in [-0.3, -0.25) is 9.69 Å². The molecule has 2 aliphatic rings. The topological polar surface area (TPSA) is 95.9 Å². The molecule has 1 aromatic rings. The van der Waals surface area contributed by atoms with E-state index in [-0.39, 0.29) is 17.9 Å². The maximum atomic E-state index is 12.6. The molecule has 1 aliphatic heterocycles. The molecular formula is C17H20N2O5. The van der Waals surface area contributed by atoms with Crippen LogP contribution in [0.5, 0.6) is 0 Å². The third-order valence-corrected chi connectivity index (χ3v) is 5.06. The van der Waals surface area contributed by atoms with Gasteiger partial charge in [-0.05, 0) is 43.4 Å². The molecule has 1 aliphatic carbocycles. The Balaban J connectivity index is 1.69. The van der Waals surface area contributed by atoms with Gasteiger partial charge in [-0.15, -0.1) is 0 Å². The Morgan fingerprint density at radius 1 is 1.33 bits per heavy atom. The number of carbonyl (C=O) groups excluding carboxylic acids is 2. The van der Waals surface area contributed by atoms with Crippen LogP contribution in [-0.4, -0.2) is 47.2 Å². The summed E-state index contributed by atoms with van der Waals surface area (Å²) in [6.07, 6.45) is 0.293. The number of carboxylic acid groups (broad SMARTS) is 1. The maximum Gasteiger partial charge on any atom is 0.408 e. The van der Waals surface area contributed by atoms with Crippen molar-refractivity contribution in [3.8, 4) is 0 Å². The average Bonchev–Trinajstić information content (AvgIpc) is 3.19. The summed E-state index contributed by atoms with van der Waals surface area (Å²) in [5.41, 5.74) is 0.393. The van der Waals surface area contributed by atoms with Crippen LogP contribution >= 0.6 is 0 Å². The molecule has 128 valence electrons. The molecule has 2 fully saturated rings. The van der Waals surface area contributed by atoms with Gasteiger partial charge in [0.2, 0.25) is 5.91 Å². The number of nitrogens with zero attached hydrogens (tertiary/aromatic N) is 1. The Bertz CT molecular complexity index is 687. The third-order valence-electron chi connectivity index (χ3n) is 5.06. The van der Waals surface area contributed by atoms with Crippen LogP contribution in [0.25, 0.3) is 0 Å². The average molecular weight is 332 g/mol. The molecule has 0 aromatic heterocycles. The first-order chi connectivity index (χ1) is 11.4. The van der Waals surface area contributed by atoms with Crippen molar-refractivity contribution in [3.63, 3.8) is 0 Å². The van der Waals surface area contributed by atoms with Gasteiger partial charge in [0, 0.05) is 6.54 Å². The molecule has 2 unspecified atom stereocenters. The van der Waals surface area contributed by atoms with E-state index in [1.807, 2.05) is 6.92 Å². The molecule has 7 nitrogen and oxygen atoms in total. The highest BCUT2D eigenvalue weighted by molar-refractivity contribution is 5.94. The monoisotopic (exact) mass is 332 g/mol. The number of hydrogen-bond acceptors (Lipinski definition) is 4. The van der Waals surface area contributed by atoms with E-state index in [2.05, 4.69) is 10.1 Å². The summed E-state index contributed by atoms with van der Waals surface area (Å²) in [4.78, 5) is 36.7. The Labute approximate surface area is 139 Å². The second kappa shape index (κ2) is 5.81. The number of fused-ring (bicyclic) bond motifs is 1. The lowest BCUT2D eigenvalue weighted by Gasteiger charge is -2.26. The quantitative estimate of drug-likeness (QED) is 0.820. The lowest BCUT2D eigenvalue weighted by Crippen LogP contribution is -2.50. The van der Waals surface area contributed by atoms with Gasteiger partial charge in [0.15, 0.2) is 0 Å². The van der Waals surface area contributed by atoms with Crippen molar-refractivity contribution in [2.45, 2.75) is 31.3 Å². The van der Waals surface area contributed by atoms with Crippen LogP contribution < -0.4 is 5.32 Å². The number of esters is 1. The lowest BCUT2D eigenvalue weighted by molar-refractivity contribution is -0.127. The Kier molecular flexibility index (Phi) is 3.95. The maximum absolute atomic E-state index is 12.6. The van der Waals surface area contributed by atoms with Crippen LogP contribution in [0.15, 0.2) is 24.3 Å². The van der Waals surface area contributed by atoms with Crippen LogP contribution in [0.4, 0.5) is 4.79 Å². The van der Waals surface area contributed by atoms with Crippen LogP contribution in [0.1, 0.15) is 41.7 Å². The Hall–Kier alpha value is -2.57. The van der Waals surface area contributed by atoms with Gasteiger partial charge < -0.3 is 15.2 Å². The lowest BCUT2D eigenvalue weighted by atomic mass is 10.0. The molecule has 0 radical (unpaired) electrons. The van der Waals surface area contributed by atoms with E-state index in [1.54, 1.807) is 24.3 Å². The first-order valence-electron chi connectivity index (χ1n) is 7.90. The number of carbonyl (C=O) groups is 3. The number of methoxy groups -OCH3 is 1. The van der Waals surface area contributed by atoms with Gasteiger partial charge in [-0.1, -0.05) is 12.1 Å². The van der Waals surface area contributed by atoms with Gasteiger partial charge in [0.1, 0.15) is 5.54 Å². The highest BCUT2D eigenvalue weighted by Crippen LogP contribution is 2.55. The minimum absolute atomic E-state index is 0.127. The Morgan fingerprint density at radius 2 is 2.00 bits per heavy atom. The molecule has 24 heavy (non-hydrogen) atoms. The van der Waals surface area contributed by atoms with Crippen LogP contribution in [0.2, 0.25) is 0 Å². The molecule has 2 amide bonds. The molecule has 1 aromatic carbocycles. The summed E-state index contributed by atoms with van der Waals surface area (Å²) in [6.45, 7) is 2.24. The van der Waals surface area contributed by atoms with E-state index in [9.17, 15) is 19.5 Å². The van der Waals surface area contributed by atoms with Crippen LogP contribution in [0.3, 0.4) is 0 Å². The van der Waals surface area contributed by atoms with E-state index in [0.717, 1.165) is 12.0 Å². The largest absolute Gasteiger partial charge is 0.465 e. The highest BCUT2D eigenvalue weighted by Gasteiger charge is 2.68. The number of hydrogen-bond donors (Lipinski definition) is 2. The molecule has 3 rings (SSSR count). The molecule has 3 atom stereocenters. The molecule has 0 spiro atoms. The predicted molar refractivity (Wildman–Crippen MR) is 84.5 cm³/mol. The van der Waals surface area contributed by atoms with Crippen molar-refractivity contribution in [1.82, 2.24) is 10.2 Å². The smallest absolute Gasteiger partial charge is 0.408 e. The third kappa shape index (κ3) is 2.50. The molecule has 2 N–H and O–H groups in total. The van der Waals surface area contributed by atoms with E-state index < -0.39 is 17.6 Å². The van der Waals surface area contributed by atoms with Crippen molar-refractivity contribution in [3.05, 3.63) is 35.4 Å². The predicted octanol–water partition coefficient (Wildman–Crippen LogP) is 1.79. The number of benzene rings is 1. The summed E-state index contributed by atoms with van der Waals surface area (Å²) in [5.74, 6) is -0.527. The summed E-state index contributed by atoms with van der Waals surface area (Å²) in [6, 6.07) is 6.50. The van der Waals surface area contributed by atoms with E-state index in [1.165, 1.54) is 12.0 Å². The summed E-state index contributed by atoms with van der Waals surface area (Å²) in [7, 11) is 1.32. The fourth-order valence-electron chi connectivity index (χ4n) is 3.57. The van der Waals surface area contributed by atoms with Crippen molar-refractivity contribution < 1.29 is 24.2 Å². The molecule has 7 heteroatoms. The number of nitrogens with one attached hydrogen (secondary N) is 1. The van der Waals surface area contributed by atoms with Crippen LogP contribution in [-0.2, 0) is 9.53 Å². The second-order valence-corrected chi connectivity index (χ2v) is 6.36. The van der Waals surface area contributed by atoms with Crippen LogP contribution in [0, 0.1) is 5.92 Å². The summed E-state index contributed by atoms with van der Waals surface area (Å²) < 4.78 is 4.65. The number of rotatable bonds is 4. The number of amides is 2. The number of likely N-dealkylation sites (tertiary alicyclic amines) is 1. The van der Waals surface area contributed by atoms with Gasteiger partial charge in [0.25, 0.3) is 0 Å². The summed E-state index contributed by atoms with van der Waals surface area (Å²) in [5, 5.41) is 12.2. The molecule has 1 heterocycles. The fourth-order valence-corrected chi connectivity index (χ4v) is 3.57. The Morgan fingerprint density at radius 3 is 2.54 bits per heavy atom. The zero-order valence-corrected chi connectivity index (χ0v) is 13.6. The SMILES string of the molecule is COC(=O)c1ccc([C@H](C)NC(=O)C23CC2CCN3C(=O)O)cc1. The van der Waals surface area contributed by atoms with Crippen molar-refractivity contribution in [1.29, 1.82) is 0 Å². The summed E-state index contributed by atoms with van der Waals surface area (Å²) >= 11 is 0. The number of ether oxygens (including phenoxy) is 1. The fraction of sp³-hybridized carbons (Fsp3) is 0.471. The van der Waals surface area contributed by atoms with Gasteiger partial charge in [-0.2, -0.15) is 0 Å². The minimum atomic E-state index is -1.04. The van der Waals surface area contributed by atoms with Crippen molar-refractivity contribution in [2.75, 3.05) is 13.7 Å². The van der Waals surface area contributed by atoms with Crippen molar-refractivity contribution >= 4 is 18.0 Å².